The van der Waals surface area contributed by atoms with Crippen molar-refractivity contribution in [3.05, 3.63) is 273 Å². The molecule has 376 valence electrons. The first-order valence-electron chi connectivity index (χ1n) is 27.5. The number of hydrogen-bond acceptors (Lipinski definition) is 4. The first-order chi connectivity index (χ1) is 40.1. The van der Waals surface area contributed by atoms with Crippen molar-refractivity contribution < 1.29 is 0 Å². The summed E-state index contributed by atoms with van der Waals surface area (Å²) < 4.78 is 7.40. The maximum atomic E-state index is 5.14. The molecule has 0 aliphatic rings. The molecule has 17 rings (SSSR count). The van der Waals surface area contributed by atoms with Crippen molar-refractivity contribution in [2.45, 2.75) is 0 Å². The summed E-state index contributed by atoms with van der Waals surface area (Å²) in [4.78, 5) is 15.3. The third-order valence-electron chi connectivity index (χ3n) is 16.5. The highest BCUT2D eigenvalue weighted by Crippen LogP contribution is 2.44. The zero-order chi connectivity index (χ0) is 53.1. The van der Waals surface area contributed by atoms with E-state index < -0.39 is 0 Å². The molecule has 4 aromatic heterocycles. The molecule has 0 fully saturated rings. The molecule has 0 N–H and O–H groups in total. The van der Waals surface area contributed by atoms with Gasteiger partial charge in [-0.1, -0.05) is 182 Å². The van der Waals surface area contributed by atoms with Gasteiger partial charge < -0.3 is 9.13 Å². The van der Waals surface area contributed by atoms with Crippen LogP contribution in [-0.4, -0.2) is 24.1 Å². The predicted molar refractivity (Wildman–Crippen MR) is 341 cm³/mol. The van der Waals surface area contributed by atoms with E-state index in [1.54, 1.807) is 0 Å². The second-order valence-corrected chi connectivity index (χ2v) is 22.2. The lowest BCUT2D eigenvalue weighted by Gasteiger charge is -2.15. The van der Waals surface area contributed by atoms with E-state index in [1.165, 1.54) is 108 Å². The third-order valence-corrected chi connectivity index (χ3v) is 17.7. The Hall–Kier alpha value is -10.5. The minimum Gasteiger partial charge on any atom is -0.309 e. The van der Waals surface area contributed by atoms with Gasteiger partial charge in [-0.05, 0) is 146 Å². The number of thiophene rings is 1. The molecule has 0 saturated heterocycles. The van der Waals surface area contributed by atoms with E-state index in [1.807, 2.05) is 47.7 Å². The number of para-hydroxylation sites is 3. The van der Waals surface area contributed by atoms with E-state index in [0.717, 1.165) is 38.8 Å². The molecule has 0 spiro atoms. The van der Waals surface area contributed by atoms with E-state index in [0.29, 0.717) is 17.5 Å². The Morgan fingerprint density at radius 2 is 0.568 bits per heavy atom. The Bertz CT molecular complexity index is 5350. The van der Waals surface area contributed by atoms with Gasteiger partial charge >= 0.3 is 0 Å². The second kappa shape index (κ2) is 18.0. The van der Waals surface area contributed by atoms with Gasteiger partial charge in [0.25, 0.3) is 0 Å². The number of fused-ring (bicyclic) bond motifs is 15. The van der Waals surface area contributed by atoms with Gasteiger partial charge in [0.1, 0.15) is 0 Å². The minimum atomic E-state index is 0.634. The first kappa shape index (κ1) is 45.5. The lowest BCUT2D eigenvalue weighted by atomic mass is 9.93. The van der Waals surface area contributed by atoms with Crippen LogP contribution in [0.3, 0.4) is 0 Å². The van der Waals surface area contributed by atoms with Gasteiger partial charge in [-0.3, -0.25) is 0 Å². The van der Waals surface area contributed by atoms with Gasteiger partial charge in [-0.2, -0.15) is 0 Å². The molecule has 0 radical (unpaired) electrons. The molecule has 0 bridgehead atoms. The predicted octanol–water partition coefficient (Wildman–Crippen LogP) is 20.2. The van der Waals surface area contributed by atoms with Gasteiger partial charge in [-0.25, -0.2) is 15.0 Å². The average molecular weight is 1050 g/mol. The SMILES string of the molecule is c1ccc(-c2nc(-c3ccccc3)nc(-c3ccc4c5ccccc5c5ccc(-n6c7ccccc7c7cc(-c8ccc9sc%10ccc(-c%11ccc%12c(c%11)c%11ccccc%11n%12-c%11ccccc%11)cc%10c9c8)ccc76)cc5c4c3)n2)cc1. The van der Waals surface area contributed by atoms with Crippen LogP contribution in [0.25, 0.3) is 164 Å². The van der Waals surface area contributed by atoms with Crippen LogP contribution in [-0.2, 0) is 0 Å². The van der Waals surface area contributed by atoms with E-state index in [-0.39, 0.29) is 0 Å². The highest BCUT2D eigenvalue weighted by Gasteiger charge is 2.20. The van der Waals surface area contributed by atoms with Crippen molar-refractivity contribution in [3.63, 3.8) is 0 Å². The van der Waals surface area contributed by atoms with Crippen LogP contribution in [0, 0.1) is 0 Å². The van der Waals surface area contributed by atoms with E-state index in [4.69, 9.17) is 15.0 Å². The Morgan fingerprint density at radius 3 is 1.10 bits per heavy atom. The maximum absolute atomic E-state index is 5.14. The van der Waals surface area contributed by atoms with Crippen LogP contribution >= 0.6 is 11.3 Å². The summed E-state index contributed by atoms with van der Waals surface area (Å²) in [5.41, 5.74) is 14.7. The van der Waals surface area contributed by atoms with Crippen molar-refractivity contribution >= 4 is 107 Å². The highest BCUT2D eigenvalue weighted by atomic mass is 32.1. The minimum absolute atomic E-state index is 0.634. The molecular weight excluding hydrogens is 1000 g/mol. The molecule has 0 aliphatic heterocycles. The molecule has 81 heavy (non-hydrogen) atoms. The molecule has 0 amide bonds. The summed E-state index contributed by atoms with van der Waals surface area (Å²) in [6.07, 6.45) is 0. The second-order valence-electron chi connectivity index (χ2n) is 21.1. The van der Waals surface area contributed by atoms with Crippen LogP contribution in [0.2, 0.25) is 0 Å². The number of benzene rings is 13. The zero-order valence-corrected chi connectivity index (χ0v) is 44.4. The van der Waals surface area contributed by atoms with Gasteiger partial charge in [0.05, 0.1) is 22.1 Å². The largest absolute Gasteiger partial charge is 0.309 e. The van der Waals surface area contributed by atoms with E-state index in [9.17, 15) is 0 Å². The van der Waals surface area contributed by atoms with Crippen molar-refractivity contribution in [2.24, 2.45) is 0 Å². The Balaban J connectivity index is 0.784. The standard InChI is InChI=1S/C75H45N5S/c1-4-16-46(17-5-1)73-76-74(47-18-6-2-7-19-47)78-75(77-73)52-28-34-57-55-22-10-11-23-56(55)58-35-33-54(45-62(58)61(57)44-52)80-68-27-15-13-25-60(68)64-41-49(30-37-70(64)80)51-32-39-72-66(43-51)65-42-50(31-38-71(65)81-72)48-29-36-69-63(40-48)59-24-12-14-26-67(59)79(69)53-20-8-3-9-21-53/h1-45H. The number of aromatic nitrogens is 5. The Kier molecular flexibility index (Phi) is 10.1. The molecule has 0 saturated carbocycles. The Morgan fingerprint density at radius 1 is 0.210 bits per heavy atom. The van der Waals surface area contributed by atoms with Gasteiger partial charge in [0, 0.05) is 69.8 Å². The molecule has 0 aliphatic carbocycles. The fourth-order valence-corrected chi connectivity index (χ4v) is 13.8. The highest BCUT2D eigenvalue weighted by molar-refractivity contribution is 7.25. The number of rotatable bonds is 7. The summed E-state index contributed by atoms with van der Waals surface area (Å²) >= 11 is 1.87. The average Bonchev–Trinajstić information content (AvgIpc) is 4.31. The van der Waals surface area contributed by atoms with Crippen LogP contribution in [0.4, 0.5) is 0 Å². The lowest BCUT2D eigenvalue weighted by Crippen LogP contribution is -2.00. The molecule has 13 aromatic carbocycles. The summed E-state index contributed by atoms with van der Waals surface area (Å²) in [6, 6.07) is 99.1. The Labute approximate surface area is 469 Å². The van der Waals surface area contributed by atoms with Crippen molar-refractivity contribution in [2.75, 3.05) is 0 Å². The lowest BCUT2D eigenvalue weighted by molar-refractivity contribution is 1.07. The molecular formula is C75H45N5S. The summed E-state index contributed by atoms with van der Waals surface area (Å²) in [7, 11) is 0. The zero-order valence-electron chi connectivity index (χ0n) is 43.6. The smallest absolute Gasteiger partial charge is 0.164 e. The quantitative estimate of drug-likeness (QED) is 0.149. The summed E-state index contributed by atoms with van der Waals surface area (Å²) in [6.45, 7) is 0. The van der Waals surface area contributed by atoms with E-state index >= 15 is 0 Å². The normalized spacial score (nSPS) is 12.0. The fraction of sp³-hybridized carbons (Fsp3) is 0. The summed E-state index contributed by atoms with van der Waals surface area (Å²) in [5, 5.41) is 14.6. The topological polar surface area (TPSA) is 48.5 Å². The molecule has 5 nitrogen and oxygen atoms in total. The maximum Gasteiger partial charge on any atom is 0.164 e. The van der Waals surface area contributed by atoms with Gasteiger partial charge in [-0.15, -0.1) is 11.3 Å². The van der Waals surface area contributed by atoms with Crippen LogP contribution in [0.1, 0.15) is 0 Å². The van der Waals surface area contributed by atoms with Gasteiger partial charge in [0.15, 0.2) is 17.5 Å². The van der Waals surface area contributed by atoms with Crippen molar-refractivity contribution in [1.82, 2.24) is 24.1 Å². The van der Waals surface area contributed by atoms with E-state index in [2.05, 4.69) is 246 Å². The van der Waals surface area contributed by atoms with Gasteiger partial charge in [0.2, 0.25) is 0 Å². The fourth-order valence-electron chi connectivity index (χ4n) is 12.7. The summed E-state index contributed by atoms with van der Waals surface area (Å²) in [5.74, 6) is 1.92. The third kappa shape index (κ3) is 7.28. The molecule has 0 unspecified atom stereocenters. The number of nitrogens with zero attached hydrogens (tertiary/aromatic N) is 5. The molecule has 6 heteroatoms. The van der Waals surface area contributed by atoms with Crippen LogP contribution in [0.15, 0.2) is 273 Å². The molecule has 17 aromatic rings. The number of hydrogen-bond donors (Lipinski definition) is 0. The first-order valence-corrected chi connectivity index (χ1v) is 28.3. The monoisotopic (exact) mass is 1050 g/mol. The molecule has 4 heterocycles. The van der Waals surface area contributed by atoms with Crippen molar-refractivity contribution in [1.29, 1.82) is 0 Å². The van der Waals surface area contributed by atoms with Crippen LogP contribution in [0.5, 0.6) is 0 Å². The van der Waals surface area contributed by atoms with Crippen molar-refractivity contribution in [3.8, 4) is 67.8 Å². The van der Waals surface area contributed by atoms with Crippen LogP contribution < -0.4 is 0 Å². The molecule has 0 atom stereocenters.